The molecule has 4 heteroatoms. The van der Waals surface area contributed by atoms with Gasteiger partial charge >= 0.3 is 0 Å². The predicted molar refractivity (Wildman–Crippen MR) is 86.7 cm³/mol. The summed E-state index contributed by atoms with van der Waals surface area (Å²) in [5.74, 6) is 0.314. The highest BCUT2D eigenvalue weighted by Crippen LogP contribution is 2.24. The SMILES string of the molecule is N=C(N)C(CN1CCC(N2CCCC2)C1)c1ccccc1. The van der Waals surface area contributed by atoms with Crippen LogP contribution >= 0.6 is 0 Å². The van der Waals surface area contributed by atoms with Gasteiger partial charge < -0.3 is 10.6 Å². The first-order valence-corrected chi connectivity index (χ1v) is 8.09. The van der Waals surface area contributed by atoms with Gasteiger partial charge in [-0.25, -0.2) is 0 Å². The molecule has 1 aromatic carbocycles. The third-order valence-corrected chi connectivity index (χ3v) is 4.92. The van der Waals surface area contributed by atoms with Crippen molar-refractivity contribution in [3.05, 3.63) is 35.9 Å². The van der Waals surface area contributed by atoms with Gasteiger partial charge in [0.2, 0.25) is 0 Å². The maximum Gasteiger partial charge on any atom is 0.0995 e. The molecule has 0 radical (unpaired) electrons. The van der Waals surface area contributed by atoms with E-state index in [9.17, 15) is 0 Å². The molecule has 2 saturated heterocycles. The molecule has 2 unspecified atom stereocenters. The van der Waals surface area contributed by atoms with Crippen molar-refractivity contribution in [2.45, 2.75) is 31.2 Å². The fraction of sp³-hybridized carbons (Fsp3) is 0.588. The minimum Gasteiger partial charge on any atom is -0.387 e. The lowest BCUT2D eigenvalue weighted by Gasteiger charge is -2.26. The zero-order valence-electron chi connectivity index (χ0n) is 12.7. The van der Waals surface area contributed by atoms with Gasteiger partial charge in [-0.2, -0.15) is 0 Å². The fourth-order valence-corrected chi connectivity index (χ4v) is 3.71. The summed E-state index contributed by atoms with van der Waals surface area (Å²) in [5, 5.41) is 7.91. The summed E-state index contributed by atoms with van der Waals surface area (Å²) in [6.45, 7) is 5.69. The van der Waals surface area contributed by atoms with Crippen molar-refractivity contribution in [2.24, 2.45) is 5.73 Å². The Hall–Kier alpha value is -1.39. The van der Waals surface area contributed by atoms with Crippen molar-refractivity contribution in [3.8, 4) is 0 Å². The molecule has 2 aliphatic rings. The van der Waals surface area contributed by atoms with E-state index in [1.54, 1.807) is 0 Å². The zero-order valence-corrected chi connectivity index (χ0v) is 12.7. The highest BCUT2D eigenvalue weighted by atomic mass is 15.3. The number of rotatable bonds is 5. The average Bonchev–Trinajstić information content (AvgIpc) is 3.16. The number of amidine groups is 1. The molecule has 0 saturated carbocycles. The van der Waals surface area contributed by atoms with Crippen LogP contribution in [0.5, 0.6) is 0 Å². The van der Waals surface area contributed by atoms with Crippen molar-refractivity contribution < 1.29 is 0 Å². The smallest absolute Gasteiger partial charge is 0.0995 e. The van der Waals surface area contributed by atoms with E-state index < -0.39 is 0 Å². The Morgan fingerprint density at radius 3 is 2.57 bits per heavy atom. The average molecular weight is 286 g/mol. The van der Waals surface area contributed by atoms with Gasteiger partial charge in [0.25, 0.3) is 0 Å². The van der Waals surface area contributed by atoms with Crippen molar-refractivity contribution in [1.82, 2.24) is 9.80 Å². The van der Waals surface area contributed by atoms with Crippen molar-refractivity contribution in [2.75, 3.05) is 32.7 Å². The predicted octanol–water partition coefficient (Wildman–Crippen LogP) is 1.88. The van der Waals surface area contributed by atoms with Gasteiger partial charge in [-0.1, -0.05) is 30.3 Å². The van der Waals surface area contributed by atoms with Crippen molar-refractivity contribution in [1.29, 1.82) is 5.41 Å². The second-order valence-electron chi connectivity index (χ2n) is 6.36. The molecule has 1 aromatic rings. The molecule has 2 heterocycles. The van der Waals surface area contributed by atoms with Gasteiger partial charge in [-0.15, -0.1) is 0 Å². The molecule has 0 amide bonds. The van der Waals surface area contributed by atoms with Crippen LogP contribution in [0.15, 0.2) is 30.3 Å². The molecule has 3 N–H and O–H groups in total. The van der Waals surface area contributed by atoms with E-state index >= 15 is 0 Å². The van der Waals surface area contributed by atoms with Crippen LogP contribution in [0.4, 0.5) is 0 Å². The summed E-state index contributed by atoms with van der Waals surface area (Å²) in [4.78, 5) is 5.13. The normalized spacial score (nSPS) is 25.2. The van der Waals surface area contributed by atoms with Gasteiger partial charge in [0.05, 0.1) is 11.8 Å². The van der Waals surface area contributed by atoms with Crippen molar-refractivity contribution in [3.63, 3.8) is 0 Å². The number of benzene rings is 1. The van der Waals surface area contributed by atoms with E-state index in [4.69, 9.17) is 11.1 Å². The first kappa shape index (κ1) is 14.5. The summed E-state index contributed by atoms with van der Waals surface area (Å²) < 4.78 is 0. The molecular formula is C17H26N4. The minimum absolute atomic E-state index is 0.0310. The van der Waals surface area contributed by atoms with Crippen molar-refractivity contribution >= 4 is 5.84 Å². The number of hydrogen-bond acceptors (Lipinski definition) is 3. The summed E-state index contributed by atoms with van der Waals surface area (Å²) >= 11 is 0. The van der Waals surface area contributed by atoms with E-state index in [0.717, 1.165) is 31.2 Å². The largest absolute Gasteiger partial charge is 0.387 e. The highest BCUT2D eigenvalue weighted by Gasteiger charge is 2.30. The number of nitrogens with one attached hydrogen (secondary N) is 1. The van der Waals surface area contributed by atoms with Gasteiger partial charge in [0.15, 0.2) is 0 Å². The third-order valence-electron chi connectivity index (χ3n) is 4.92. The maximum atomic E-state index is 7.91. The molecule has 0 bridgehead atoms. The quantitative estimate of drug-likeness (QED) is 0.642. The molecular weight excluding hydrogens is 260 g/mol. The number of likely N-dealkylation sites (tertiary alicyclic amines) is 2. The van der Waals surface area contributed by atoms with Gasteiger partial charge in [0.1, 0.15) is 0 Å². The van der Waals surface area contributed by atoms with Gasteiger partial charge in [0, 0.05) is 19.1 Å². The first-order chi connectivity index (χ1) is 10.2. The molecule has 2 fully saturated rings. The van der Waals surface area contributed by atoms with Crippen LogP contribution in [0, 0.1) is 5.41 Å². The van der Waals surface area contributed by atoms with E-state index in [1.165, 1.54) is 32.4 Å². The molecule has 114 valence electrons. The molecule has 21 heavy (non-hydrogen) atoms. The van der Waals surface area contributed by atoms with E-state index in [-0.39, 0.29) is 11.8 Å². The third kappa shape index (κ3) is 3.44. The van der Waals surface area contributed by atoms with Crippen LogP contribution < -0.4 is 5.73 Å². The van der Waals surface area contributed by atoms with Crippen LogP contribution in [0.3, 0.4) is 0 Å². The zero-order chi connectivity index (χ0) is 14.7. The maximum absolute atomic E-state index is 7.91. The molecule has 2 aliphatic heterocycles. The lowest BCUT2D eigenvalue weighted by atomic mass is 9.97. The highest BCUT2D eigenvalue weighted by molar-refractivity contribution is 5.84. The summed E-state index contributed by atoms with van der Waals surface area (Å²) in [7, 11) is 0. The van der Waals surface area contributed by atoms with E-state index in [0.29, 0.717) is 0 Å². The molecule has 4 nitrogen and oxygen atoms in total. The number of hydrogen-bond donors (Lipinski definition) is 2. The molecule has 3 rings (SSSR count). The number of nitrogens with two attached hydrogens (primary N) is 1. The Morgan fingerprint density at radius 1 is 1.19 bits per heavy atom. The summed E-state index contributed by atoms with van der Waals surface area (Å²) in [6.07, 6.45) is 3.98. The van der Waals surface area contributed by atoms with E-state index in [2.05, 4.69) is 21.9 Å². The Labute approximate surface area is 127 Å². The minimum atomic E-state index is 0.0310. The lowest BCUT2D eigenvalue weighted by Crippen LogP contribution is -2.38. The Bertz CT molecular complexity index is 467. The topological polar surface area (TPSA) is 56.4 Å². The Balaban J connectivity index is 1.61. The van der Waals surface area contributed by atoms with Crippen LogP contribution in [0.2, 0.25) is 0 Å². The van der Waals surface area contributed by atoms with Crippen LogP contribution in [0.25, 0.3) is 0 Å². The van der Waals surface area contributed by atoms with Gasteiger partial charge in [-0.3, -0.25) is 10.3 Å². The first-order valence-electron chi connectivity index (χ1n) is 8.09. The second kappa shape index (κ2) is 6.58. The molecule has 0 spiro atoms. The van der Waals surface area contributed by atoms with Gasteiger partial charge in [-0.05, 0) is 44.5 Å². The number of nitrogens with zero attached hydrogens (tertiary/aromatic N) is 2. The summed E-state index contributed by atoms with van der Waals surface area (Å²) in [5.41, 5.74) is 7.01. The van der Waals surface area contributed by atoms with Crippen LogP contribution in [-0.4, -0.2) is 54.4 Å². The fourth-order valence-electron chi connectivity index (χ4n) is 3.71. The van der Waals surface area contributed by atoms with Crippen LogP contribution in [-0.2, 0) is 0 Å². The monoisotopic (exact) mass is 286 g/mol. The standard InChI is InChI=1S/C17H26N4/c18-17(19)16(14-6-2-1-3-7-14)13-20-11-8-15(12-20)21-9-4-5-10-21/h1-3,6-7,15-16H,4-5,8-13H2,(H3,18,19). The molecule has 0 aliphatic carbocycles. The molecule has 0 aromatic heterocycles. The van der Waals surface area contributed by atoms with Crippen LogP contribution in [0.1, 0.15) is 30.7 Å². The molecule has 2 atom stereocenters. The Morgan fingerprint density at radius 2 is 1.90 bits per heavy atom. The van der Waals surface area contributed by atoms with E-state index in [1.807, 2.05) is 18.2 Å². The lowest BCUT2D eigenvalue weighted by molar-refractivity contribution is 0.231. The second-order valence-corrected chi connectivity index (χ2v) is 6.36. The summed E-state index contributed by atoms with van der Waals surface area (Å²) in [6, 6.07) is 11.0. The Kier molecular flexibility index (Phi) is 4.56.